The van der Waals surface area contributed by atoms with Crippen LogP contribution in [-0.4, -0.2) is 26.8 Å². The van der Waals surface area contributed by atoms with E-state index in [1.54, 1.807) is 0 Å². The van der Waals surface area contributed by atoms with Crippen LogP contribution in [0.2, 0.25) is 0 Å². The highest BCUT2D eigenvalue weighted by Gasteiger charge is 2.51. The number of aliphatic carboxylic acids is 1. The number of aryl methyl sites for hydroxylation is 1. The van der Waals surface area contributed by atoms with Crippen LogP contribution in [-0.2, 0) is 16.1 Å². The molecule has 2 aromatic carbocycles. The van der Waals surface area contributed by atoms with Crippen molar-refractivity contribution >= 4 is 28.3 Å². The first kappa shape index (κ1) is 19.5. The van der Waals surface area contributed by atoms with Crippen LogP contribution in [0.25, 0.3) is 10.8 Å². The molecular weight excluding hydrogens is 390 g/mol. The lowest BCUT2D eigenvalue weighted by molar-refractivity contribution is -0.146. The van der Waals surface area contributed by atoms with Gasteiger partial charge in [0.25, 0.3) is 0 Å². The largest absolute Gasteiger partial charge is 0.481 e. The highest BCUT2D eigenvalue weighted by Crippen LogP contribution is 2.48. The molecule has 0 saturated heterocycles. The second kappa shape index (κ2) is 7.38. The number of benzene rings is 2. The molecule has 1 fully saturated rings. The lowest BCUT2D eigenvalue weighted by Crippen LogP contribution is -2.36. The fourth-order valence-electron chi connectivity index (χ4n) is 5.35. The van der Waals surface area contributed by atoms with Gasteiger partial charge < -0.3 is 10.4 Å². The number of nitrogens with one attached hydrogen (secondary N) is 1. The molecule has 0 aliphatic heterocycles. The Morgan fingerprint density at radius 2 is 1.77 bits per heavy atom. The van der Waals surface area contributed by atoms with Crippen molar-refractivity contribution in [1.82, 2.24) is 9.78 Å². The van der Waals surface area contributed by atoms with Gasteiger partial charge in [0.2, 0.25) is 5.91 Å². The van der Waals surface area contributed by atoms with Gasteiger partial charge in [0.05, 0.1) is 35.5 Å². The molecule has 158 valence electrons. The van der Waals surface area contributed by atoms with E-state index in [2.05, 4.69) is 34.7 Å². The summed E-state index contributed by atoms with van der Waals surface area (Å²) < 4.78 is 1.90. The molecule has 31 heavy (non-hydrogen) atoms. The number of amides is 1. The van der Waals surface area contributed by atoms with E-state index in [-0.39, 0.29) is 17.7 Å². The van der Waals surface area contributed by atoms with Crippen molar-refractivity contribution in [3.63, 3.8) is 0 Å². The lowest BCUT2D eigenvalue weighted by Gasteiger charge is -2.24. The zero-order valence-electron chi connectivity index (χ0n) is 17.6. The summed E-state index contributed by atoms with van der Waals surface area (Å²) >= 11 is 0. The second-order valence-corrected chi connectivity index (χ2v) is 8.67. The quantitative estimate of drug-likeness (QED) is 0.613. The highest BCUT2D eigenvalue weighted by molar-refractivity contribution is 5.97. The first-order chi connectivity index (χ1) is 14.9. The monoisotopic (exact) mass is 415 g/mol. The minimum Gasteiger partial charge on any atom is -0.481 e. The fourth-order valence-corrected chi connectivity index (χ4v) is 5.35. The standard InChI is InChI=1S/C25H25N3O3/c1-14-23(26-24(29)21-17-10-11-18(12-17)22(21)25(30)31)15(2)28(27-14)13-19-8-5-7-16-6-3-4-9-20(16)19/h3-11,17-18,21-22H,12-13H2,1-2H3,(H,26,29)(H,30,31)/t17-,18-,21+,22-/m0/s1. The number of carbonyl (C=O) groups excluding carboxylic acids is 1. The Morgan fingerprint density at radius 3 is 2.55 bits per heavy atom. The van der Waals surface area contributed by atoms with E-state index >= 15 is 0 Å². The number of carboxylic acid groups (broad SMARTS) is 1. The van der Waals surface area contributed by atoms with Crippen LogP contribution in [0.3, 0.4) is 0 Å². The van der Waals surface area contributed by atoms with Crippen molar-refractivity contribution in [3.8, 4) is 0 Å². The molecule has 6 heteroatoms. The molecule has 2 bridgehead atoms. The summed E-state index contributed by atoms with van der Waals surface area (Å²) in [6.45, 7) is 4.41. The van der Waals surface area contributed by atoms with Gasteiger partial charge in [0.1, 0.15) is 0 Å². The van der Waals surface area contributed by atoms with E-state index in [9.17, 15) is 14.7 Å². The third-order valence-electron chi connectivity index (χ3n) is 6.88. The van der Waals surface area contributed by atoms with Crippen molar-refractivity contribution in [3.05, 3.63) is 71.6 Å². The predicted molar refractivity (Wildman–Crippen MR) is 119 cm³/mol. The van der Waals surface area contributed by atoms with Crippen LogP contribution >= 0.6 is 0 Å². The summed E-state index contributed by atoms with van der Waals surface area (Å²) in [5.41, 5.74) is 3.44. The number of aromatic nitrogens is 2. The molecular formula is C25H25N3O3. The summed E-state index contributed by atoms with van der Waals surface area (Å²) in [5, 5.41) is 19.7. The number of nitrogens with zero attached hydrogens (tertiary/aromatic N) is 2. The molecule has 2 N–H and O–H groups in total. The minimum atomic E-state index is -0.892. The predicted octanol–water partition coefficient (Wildman–Crippen LogP) is 4.16. The topological polar surface area (TPSA) is 84.2 Å². The van der Waals surface area contributed by atoms with Gasteiger partial charge in [-0.05, 0) is 48.4 Å². The van der Waals surface area contributed by atoms with E-state index in [1.165, 1.54) is 10.8 Å². The zero-order chi connectivity index (χ0) is 21.7. The fraction of sp³-hybridized carbons (Fsp3) is 0.320. The summed E-state index contributed by atoms with van der Waals surface area (Å²) in [5.74, 6) is -2.35. The molecule has 5 rings (SSSR count). The average Bonchev–Trinajstić information content (AvgIpc) is 3.44. The Balaban J connectivity index is 1.41. The number of anilines is 1. The third-order valence-corrected chi connectivity index (χ3v) is 6.88. The Hall–Kier alpha value is -3.41. The minimum absolute atomic E-state index is 0.00237. The van der Waals surface area contributed by atoms with Crippen molar-refractivity contribution in [2.24, 2.45) is 23.7 Å². The van der Waals surface area contributed by atoms with Crippen molar-refractivity contribution < 1.29 is 14.7 Å². The summed E-state index contributed by atoms with van der Waals surface area (Å²) in [7, 11) is 0. The van der Waals surface area contributed by atoms with Crippen LogP contribution in [0.1, 0.15) is 23.4 Å². The first-order valence-corrected chi connectivity index (χ1v) is 10.7. The maximum absolute atomic E-state index is 13.1. The zero-order valence-corrected chi connectivity index (χ0v) is 17.6. The SMILES string of the molecule is Cc1nn(Cc2cccc3ccccc23)c(C)c1NC(=O)[C@H]1[C@@H](C(=O)O)[C@H]2C=C[C@H]1C2. The van der Waals surface area contributed by atoms with Gasteiger partial charge in [0, 0.05) is 0 Å². The van der Waals surface area contributed by atoms with E-state index in [4.69, 9.17) is 0 Å². The Labute approximate surface area is 180 Å². The van der Waals surface area contributed by atoms with Gasteiger partial charge in [-0.1, -0.05) is 54.6 Å². The molecule has 0 radical (unpaired) electrons. The maximum atomic E-state index is 13.1. The Bertz CT molecular complexity index is 1220. The van der Waals surface area contributed by atoms with Crippen LogP contribution in [0.5, 0.6) is 0 Å². The van der Waals surface area contributed by atoms with Crippen LogP contribution in [0.15, 0.2) is 54.6 Å². The van der Waals surface area contributed by atoms with Gasteiger partial charge in [-0.3, -0.25) is 14.3 Å². The number of hydrogen-bond acceptors (Lipinski definition) is 3. The number of carbonyl (C=O) groups is 2. The molecule has 2 aliphatic carbocycles. The Morgan fingerprint density at radius 1 is 1.06 bits per heavy atom. The van der Waals surface area contributed by atoms with Gasteiger partial charge in [-0.2, -0.15) is 5.10 Å². The summed E-state index contributed by atoms with van der Waals surface area (Å²) in [6, 6.07) is 14.5. The van der Waals surface area contributed by atoms with E-state index < -0.39 is 17.8 Å². The molecule has 6 nitrogen and oxygen atoms in total. The van der Waals surface area contributed by atoms with E-state index in [1.807, 2.05) is 48.9 Å². The number of fused-ring (bicyclic) bond motifs is 3. The van der Waals surface area contributed by atoms with Gasteiger partial charge in [0.15, 0.2) is 0 Å². The first-order valence-electron chi connectivity index (χ1n) is 10.7. The van der Waals surface area contributed by atoms with Crippen molar-refractivity contribution in [2.75, 3.05) is 5.32 Å². The molecule has 1 saturated carbocycles. The van der Waals surface area contributed by atoms with Crippen molar-refractivity contribution in [1.29, 1.82) is 0 Å². The molecule has 1 heterocycles. The Kier molecular flexibility index (Phi) is 4.65. The van der Waals surface area contributed by atoms with Crippen molar-refractivity contribution in [2.45, 2.75) is 26.8 Å². The lowest BCUT2D eigenvalue weighted by atomic mass is 9.82. The number of hydrogen-bond donors (Lipinski definition) is 2. The summed E-state index contributed by atoms with van der Waals surface area (Å²) in [4.78, 5) is 24.9. The molecule has 1 aromatic heterocycles. The van der Waals surface area contributed by atoms with Crippen LogP contribution < -0.4 is 5.32 Å². The van der Waals surface area contributed by atoms with Gasteiger partial charge in [-0.25, -0.2) is 0 Å². The number of carboxylic acids is 1. The summed E-state index contributed by atoms with van der Waals surface area (Å²) in [6.07, 6.45) is 4.69. The van der Waals surface area contributed by atoms with Gasteiger partial charge in [-0.15, -0.1) is 0 Å². The number of rotatable bonds is 5. The second-order valence-electron chi connectivity index (χ2n) is 8.67. The highest BCUT2D eigenvalue weighted by atomic mass is 16.4. The molecule has 1 amide bonds. The van der Waals surface area contributed by atoms with E-state index in [0.29, 0.717) is 12.2 Å². The molecule has 0 spiro atoms. The molecule has 2 aliphatic rings. The smallest absolute Gasteiger partial charge is 0.307 e. The maximum Gasteiger partial charge on any atom is 0.307 e. The van der Waals surface area contributed by atoms with Crippen LogP contribution in [0, 0.1) is 37.5 Å². The molecule has 3 aromatic rings. The molecule has 0 unspecified atom stereocenters. The van der Waals surface area contributed by atoms with E-state index in [0.717, 1.165) is 23.4 Å². The average molecular weight is 415 g/mol. The third kappa shape index (κ3) is 3.23. The molecule has 4 atom stereocenters. The van der Waals surface area contributed by atoms with Crippen LogP contribution in [0.4, 0.5) is 5.69 Å². The normalized spacial score (nSPS) is 24.1. The number of allylic oxidation sites excluding steroid dienone is 2. The van der Waals surface area contributed by atoms with Gasteiger partial charge >= 0.3 is 5.97 Å².